The van der Waals surface area contributed by atoms with Crippen molar-refractivity contribution in [3.63, 3.8) is 0 Å². The quantitative estimate of drug-likeness (QED) is 0.466. The van der Waals surface area contributed by atoms with Gasteiger partial charge in [0.2, 0.25) is 0 Å². The van der Waals surface area contributed by atoms with Crippen LogP contribution in [0.3, 0.4) is 0 Å². The molecule has 0 saturated carbocycles. The number of fused-ring (bicyclic) bond motifs is 1. The van der Waals surface area contributed by atoms with Gasteiger partial charge in [0.1, 0.15) is 36.2 Å². The van der Waals surface area contributed by atoms with Crippen molar-refractivity contribution in [2.75, 3.05) is 12.3 Å². The van der Waals surface area contributed by atoms with Gasteiger partial charge in [0.15, 0.2) is 11.9 Å². The van der Waals surface area contributed by atoms with Crippen LogP contribution < -0.4 is 5.73 Å². The van der Waals surface area contributed by atoms with E-state index in [0.717, 1.165) is 0 Å². The number of aromatic nitrogens is 4. The lowest BCUT2D eigenvalue weighted by molar-refractivity contribution is -0.0567. The van der Waals surface area contributed by atoms with Gasteiger partial charge >= 0.3 is 0 Å². The smallest absolute Gasteiger partial charge is 0.181 e. The fourth-order valence-corrected chi connectivity index (χ4v) is 2.36. The van der Waals surface area contributed by atoms with Crippen LogP contribution in [0.15, 0.2) is 6.33 Å². The first kappa shape index (κ1) is 13.7. The predicted molar refractivity (Wildman–Crippen MR) is 70.7 cm³/mol. The van der Waals surface area contributed by atoms with Gasteiger partial charge in [-0.25, -0.2) is 14.6 Å². The van der Waals surface area contributed by atoms with E-state index in [1.165, 1.54) is 11.0 Å². The second kappa shape index (κ2) is 4.94. The minimum absolute atomic E-state index is 0.158. The maximum atomic E-state index is 10.0. The van der Waals surface area contributed by atoms with E-state index in [0.29, 0.717) is 5.39 Å². The average Bonchev–Trinajstić information content (AvgIpc) is 2.99. The molecule has 1 unspecified atom stereocenters. The predicted octanol–water partition coefficient (Wildman–Crippen LogP) is -2.00. The highest BCUT2D eigenvalue weighted by molar-refractivity contribution is 5.90. The molecule has 4 atom stereocenters. The Balaban J connectivity index is 2.14. The largest absolute Gasteiger partial charge is 0.394 e. The Morgan fingerprint density at radius 3 is 2.76 bits per heavy atom. The van der Waals surface area contributed by atoms with Crippen molar-refractivity contribution < 1.29 is 20.1 Å². The molecule has 21 heavy (non-hydrogen) atoms. The molecule has 2 aromatic rings. The summed E-state index contributed by atoms with van der Waals surface area (Å²) in [5, 5.41) is 33.5. The van der Waals surface area contributed by atoms with Gasteiger partial charge in [-0.2, -0.15) is 5.10 Å². The van der Waals surface area contributed by atoms with Gasteiger partial charge in [0.25, 0.3) is 0 Å². The van der Waals surface area contributed by atoms with Crippen molar-refractivity contribution in [1.82, 2.24) is 19.7 Å². The van der Waals surface area contributed by atoms with Crippen LogP contribution in [0.2, 0.25) is 0 Å². The molecule has 1 saturated heterocycles. The summed E-state index contributed by atoms with van der Waals surface area (Å²) in [6, 6.07) is 0. The monoisotopic (exact) mass is 291 g/mol. The molecule has 2 aromatic heterocycles. The number of nitrogens with zero attached hydrogens (tertiary/aromatic N) is 4. The van der Waals surface area contributed by atoms with E-state index in [9.17, 15) is 10.2 Å². The zero-order chi connectivity index (χ0) is 15.1. The number of hydrogen-bond donors (Lipinski definition) is 4. The highest BCUT2D eigenvalue weighted by Crippen LogP contribution is 2.32. The van der Waals surface area contributed by atoms with Crippen LogP contribution in [0.25, 0.3) is 11.0 Å². The summed E-state index contributed by atoms with van der Waals surface area (Å²) in [6.07, 6.45) is 2.14. The van der Waals surface area contributed by atoms with Crippen LogP contribution in [0.1, 0.15) is 11.9 Å². The van der Waals surface area contributed by atoms with Crippen LogP contribution in [0.4, 0.5) is 5.82 Å². The van der Waals surface area contributed by atoms with E-state index in [-0.39, 0.29) is 17.2 Å². The Bertz CT molecular complexity index is 724. The summed E-state index contributed by atoms with van der Waals surface area (Å²) in [5.74, 6) is 2.52. The van der Waals surface area contributed by atoms with Crippen molar-refractivity contribution in [3.05, 3.63) is 12.0 Å². The average molecular weight is 291 g/mol. The number of aliphatic hydroxyl groups is 3. The molecular weight excluding hydrogens is 278 g/mol. The lowest BCUT2D eigenvalue weighted by Crippen LogP contribution is -2.33. The second-order valence-corrected chi connectivity index (χ2v) is 4.62. The number of rotatable bonds is 2. The molecule has 3 heterocycles. The lowest BCUT2D eigenvalue weighted by Gasteiger charge is -2.15. The molecule has 0 aliphatic carbocycles. The third kappa shape index (κ3) is 1.93. The SMILES string of the molecule is C#Cc1nn([C@@H]2O[C@H](CO)C(O)[C@H]2O)c2ncnc(N)c12. The van der Waals surface area contributed by atoms with E-state index >= 15 is 0 Å². The number of terminal acetylenes is 1. The standard InChI is InChI=1S/C12H13N5O4/c1-2-5-7-10(13)14-4-15-11(7)17(16-5)12-9(20)8(19)6(3-18)21-12/h1,4,6,8-9,12,18-20H,3H2,(H2,13,14,15)/t6-,8?,9-,12-/m1/s1. The zero-order valence-corrected chi connectivity index (χ0v) is 10.8. The Morgan fingerprint density at radius 1 is 1.38 bits per heavy atom. The molecule has 110 valence electrons. The van der Waals surface area contributed by atoms with Crippen molar-refractivity contribution in [2.45, 2.75) is 24.5 Å². The number of ether oxygens (including phenoxy) is 1. The number of aliphatic hydroxyl groups excluding tert-OH is 3. The minimum Gasteiger partial charge on any atom is -0.394 e. The molecule has 1 aliphatic rings. The van der Waals surface area contributed by atoms with E-state index in [1.54, 1.807) is 0 Å². The molecule has 9 nitrogen and oxygen atoms in total. The molecule has 0 bridgehead atoms. The minimum atomic E-state index is -1.29. The first-order valence-electron chi connectivity index (χ1n) is 6.16. The lowest BCUT2D eigenvalue weighted by atomic mass is 10.1. The van der Waals surface area contributed by atoms with Gasteiger partial charge in [-0.15, -0.1) is 6.42 Å². The molecule has 3 rings (SSSR count). The van der Waals surface area contributed by atoms with Gasteiger partial charge in [0, 0.05) is 0 Å². The third-order valence-electron chi connectivity index (χ3n) is 3.41. The topological polar surface area (TPSA) is 140 Å². The van der Waals surface area contributed by atoms with Crippen LogP contribution in [-0.4, -0.2) is 60.0 Å². The highest BCUT2D eigenvalue weighted by Gasteiger charge is 2.44. The number of nitrogen functional groups attached to an aromatic ring is 1. The van der Waals surface area contributed by atoms with Gasteiger partial charge in [-0.3, -0.25) is 0 Å². The van der Waals surface area contributed by atoms with Crippen molar-refractivity contribution in [2.24, 2.45) is 0 Å². The van der Waals surface area contributed by atoms with Crippen molar-refractivity contribution in [3.8, 4) is 12.3 Å². The van der Waals surface area contributed by atoms with E-state index in [1.807, 2.05) is 0 Å². The van der Waals surface area contributed by atoms with Gasteiger partial charge in [-0.05, 0) is 5.92 Å². The maximum absolute atomic E-state index is 10.0. The number of nitrogens with two attached hydrogens (primary N) is 1. The first-order valence-corrected chi connectivity index (χ1v) is 6.16. The summed E-state index contributed by atoms with van der Waals surface area (Å²) in [4.78, 5) is 7.89. The Morgan fingerprint density at radius 2 is 2.14 bits per heavy atom. The van der Waals surface area contributed by atoms with Crippen LogP contribution >= 0.6 is 0 Å². The van der Waals surface area contributed by atoms with E-state index < -0.39 is 31.1 Å². The molecule has 0 amide bonds. The van der Waals surface area contributed by atoms with E-state index in [2.05, 4.69) is 21.0 Å². The molecule has 0 spiro atoms. The van der Waals surface area contributed by atoms with Crippen molar-refractivity contribution >= 4 is 16.9 Å². The summed E-state index contributed by atoms with van der Waals surface area (Å²) in [6.45, 7) is -0.437. The summed E-state index contributed by atoms with van der Waals surface area (Å²) in [5.41, 5.74) is 6.26. The fourth-order valence-electron chi connectivity index (χ4n) is 2.36. The fraction of sp³-hybridized carbons (Fsp3) is 0.417. The molecule has 0 radical (unpaired) electrons. The van der Waals surface area contributed by atoms with Crippen molar-refractivity contribution in [1.29, 1.82) is 0 Å². The molecule has 0 aromatic carbocycles. The van der Waals surface area contributed by atoms with Crippen LogP contribution in [-0.2, 0) is 4.74 Å². The molecule has 1 aliphatic heterocycles. The molecule has 5 N–H and O–H groups in total. The number of hydrogen-bond acceptors (Lipinski definition) is 8. The van der Waals surface area contributed by atoms with E-state index in [4.69, 9.17) is 22.0 Å². The Hall–Kier alpha value is -2.25. The van der Waals surface area contributed by atoms with Gasteiger partial charge in [0.05, 0.1) is 12.0 Å². The normalized spacial score (nSPS) is 28.9. The molecule has 1 fully saturated rings. The zero-order valence-electron chi connectivity index (χ0n) is 10.8. The summed E-state index contributed by atoms with van der Waals surface area (Å²) >= 11 is 0. The molecular formula is C12H13N5O4. The maximum Gasteiger partial charge on any atom is 0.181 e. The van der Waals surface area contributed by atoms with Gasteiger partial charge < -0.3 is 25.8 Å². The van der Waals surface area contributed by atoms with Crippen LogP contribution in [0, 0.1) is 12.3 Å². The Labute approximate surface area is 119 Å². The first-order chi connectivity index (χ1) is 10.1. The third-order valence-corrected chi connectivity index (χ3v) is 3.41. The second-order valence-electron chi connectivity index (χ2n) is 4.62. The summed E-state index contributed by atoms with van der Waals surface area (Å²) in [7, 11) is 0. The highest BCUT2D eigenvalue weighted by atomic mass is 16.6. The van der Waals surface area contributed by atoms with Gasteiger partial charge in [-0.1, -0.05) is 0 Å². The summed E-state index contributed by atoms with van der Waals surface area (Å²) < 4.78 is 6.65. The molecule has 9 heteroatoms. The van der Waals surface area contributed by atoms with Crippen LogP contribution in [0.5, 0.6) is 0 Å². The Kier molecular flexibility index (Phi) is 3.23. The number of anilines is 1.